The molecule has 2 fully saturated rings. The van der Waals surface area contributed by atoms with E-state index in [4.69, 9.17) is 5.11 Å². The van der Waals surface area contributed by atoms with Crippen molar-refractivity contribution in [3.8, 4) is 0 Å². The molecule has 0 bridgehead atoms. The number of hydrogen-bond donors (Lipinski definition) is 1. The van der Waals surface area contributed by atoms with Crippen molar-refractivity contribution < 1.29 is 19.5 Å². The number of carboxylic acids is 1. The predicted molar refractivity (Wildman–Crippen MR) is 93.5 cm³/mol. The minimum absolute atomic E-state index is 0.0145. The normalized spacial score (nSPS) is 20.8. The first-order valence-electron chi connectivity index (χ1n) is 8.96. The summed E-state index contributed by atoms with van der Waals surface area (Å²) in [5.41, 5.74) is 1.46. The Balaban J connectivity index is 1.62. The highest BCUT2D eigenvalue weighted by Gasteiger charge is 2.26. The lowest BCUT2D eigenvalue weighted by Gasteiger charge is -2.32. The second-order valence-corrected chi connectivity index (χ2v) is 6.89. The number of likely N-dealkylation sites (tertiary alicyclic amines) is 1. The molecule has 1 aromatic rings. The topological polar surface area (TPSA) is 77.9 Å². The highest BCUT2D eigenvalue weighted by Crippen LogP contribution is 2.25. The molecule has 0 unspecified atom stereocenters. The summed E-state index contributed by atoms with van der Waals surface area (Å²) in [6.07, 6.45) is 4.14. The Morgan fingerprint density at radius 3 is 2.52 bits per heavy atom. The van der Waals surface area contributed by atoms with Crippen LogP contribution in [0.4, 0.5) is 5.69 Å². The van der Waals surface area contributed by atoms with Crippen molar-refractivity contribution in [2.45, 2.75) is 38.5 Å². The van der Waals surface area contributed by atoms with Crippen LogP contribution in [0.1, 0.15) is 48.9 Å². The molecule has 2 amide bonds. The maximum absolute atomic E-state index is 12.7. The molecule has 1 atom stereocenters. The Hall–Kier alpha value is -2.37. The van der Waals surface area contributed by atoms with Crippen molar-refractivity contribution in [2.75, 3.05) is 24.5 Å². The van der Waals surface area contributed by atoms with Gasteiger partial charge in [0.2, 0.25) is 5.91 Å². The van der Waals surface area contributed by atoms with E-state index in [0.717, 1.165) is 38.0 Å². The molecule has 3 rings (SSSR count). The van der Waals surface area contributed by atoms with E-state index in [1.807, 2.05) is 17.0 Å². The average molecular weight is 344 g/mol. The minimum Gasteiger partial charge on any atom is -0.481 e. The van der Waals surface area contributed by atoms with Crippen LogP contribution in [-0.4, -0.2) is 47.4 Å². The van der Waals surface area contributed by atoms with Crippen molar-refractivity contribution in [1.82, 2.24) is 4.90 Å². The van der Waals surface area contributed by atoms with Gasteiger partial charge in [0, 0.05) is 43.7 Å². The van der Waals surface area contributed by atoms with Gasteiger partial charge in [-0.25, -0.2) is 0 Å². The van der Waals surface area contributed by atoms with Crippen LogP contribution in [-0.2, 0) is 9.59 Å². The molecule has 0 spiro atoms. The van der Waals surface area contributed by atoms with Crippen molar-refractivity contribution in [3.63, 3.8) is 0 Å². The first-order valence-corrected chi connectivity index (χ1v) is 8.96. The zero-order chi connectivity index (χ0) is 17.8. The first-order chi connectivity index (χ1) is 12.0. The number of anilines is 1. The number of amides is 2. The van der Waals surface area contributed by atoms with E-state index in [2.05, 4.69) is 0 Å². The van der Waals surface area contributed by atoms with Crippen LogP contribution in [0.2, 0.25) is 0 Å². The van der Waals surface area contributed by atoms with Gasteiger partial charge in [-0.2, -0.15) is 0 Å². The van der Waals surface area contributed by atoms with Gasteiger partial charge in [-0.05, 0) is 55.9 Å². The zero-order valence-electron chi connectivity index (χ0n) is 14.3. The highest BCUT2D eigenvalue weighted by atomic mass is 16.4. The first kappa shape index (κ1) is 17.5. The van der Waals surface area contributed by atoms with Gasteiger partial charge in [0.05, 0.1) is 0 Å². The number of nitrogens with zero attached hydrogens (tertiary/aromatic N) is 2. The summed E-state index contributed by atoms with van der Waals surface area (Å²) in [6, 6.07) is 7.23. The average Bonchev–Trinajstić information content (AvgIpc) is 3.06. The Bertz CT molecular complexity index is 656. The lowest BCUT2D eigenvalue weighted by molar-refractivity contribution is -0.137. The Kier molecular flexibility index (Phi) is 5.36. The molecule has 2 saturated heterocycles. The molecule has 1 N–H and O–H groups in total. The van der Waals surface area contributed by atoms with Gasteiger partial charge >= 0.3 is 5.97 Å². The zero-order valence-corrected chi connectivity index (χ0v) is 14.3. The van der Waals surface area contributed by atoms with E-state index in [1.54, 1.807) is 17.0 Å². The largest absolute Gasteiger partial charge is 0.481 e. The summed E-state index contributed by atoms with van der Waals surface area (Å²) in [5, 5.41) is 8.82. The Morgan fingerprint density at radius 2 is 1.88 bits per heavy atom. The predicted octanol–water partition coefficient (Wildman–Crippen LogP) is 2.53. The molecule has 0 aliphatic carbocycles. The quantitative estimate of drug-likeness (QED) is 0.890. The summed E-state index contributed by atoms with van der Waals surface area (Å²) in [7, 11) is 0. The molecular weight excluding hydrogens is 320 g/mol. The van der Waals surface area contributed by atoms with Gasteiger partial charge in [0.1, 0.15) is 0 Å². The van der Waals surface area contributed by atoms with E-state index in [0.29, 0.717) is 24.9 Å². The SMILES string of the molecule is O=C(O)CC[C@H]1CCCN(C(=O)c2ccc(N3CCCC3=O)cc2)C1. The molecule has 2 aliphatic rings. The molecule has 134 valence electrons. The smallest absolute Gasteiger partial charge is 0.303 e. The monoisotopic (exact) mass is 344 g/mol. The fourth-order valence-electron chi connectivity index (χ4n) is 3.70. The molecule has 0 saturated carbocycles. The molecule has 1 aromatic carbocycles. The van der Waals surface area contributed by atoms with Gasteiger partial charge in [-0.15, -0.1) is 0 Å². The number of benzene rings is 1. The van der Waals surface area contributed by atoms with Crippen LogP contribution in [0.3, 0.4) is 0 Å². The Labute approximate surface area is 147 Å². The molecule has 6 heteroatoms. The molecule has 0 aromatic heterocycles. The van der Waals surface area contributed by atoms with Crippen LogP contribution in [0.25, 0.3) is 0 Å². The number of carbonyl (C=O) groups excluding carboxylic acids is 2. The molecule has 6 nitrogen and oxygen atoms in total. The van der Waals surface area contributed by atoms with E-state index >= 15 is 0 Å². The number of carboxylic acid groups (broad SMARTS) is 1. The Morgan fingerprint density at radius 1 is 1.12 bits per heavy atom. The molecule has 2 aliphatic heterocycles. The van der Waals surface area contributed by atoms with Gasteiger partial charge in [-0.3, -0.25) is 14.4 Å². The van der Waals surface area contributed by atoms with Crippen LogP contribution in [0.15, 0.2) is 24.3 Å². The second-order valence-electron chi connectivity index (χ2n) is 6.89. The molecule has 2 heterocycles. The number of aliphatic carboxylic acids is 1. The summed E-state index contributed by atoms with van der Waals surface area (Å²) in [5.74, 6) is -0.401. The third-order valence-electron chi connectivity index (χ3n) is 5.07. The van der Waals surface area contributed by atoms with Crippen LogP contribution in [0.5, 0.6) is 0 Å². The number of rotatable bonds is 5. The summed E-state index contributed by atoms with van der Waals surface area (Å²) in [4.78, 5) is 38.8. The third kappa shape index (κ3) is 4.18. The maximum atomic E-state index is 12.7. The lowest BCUT2D eigenvalue weighted by Crippen LogP contribution is -2.40. The highest BCUT2D eigenvalue weighted by molar-refractivity contribution is 5.97. The number of hydrogen-bond acceptors (Lipinski definition) is 3. The van der Waals surface area contributed by atoms with Crippen LogP contribution >= 0.6 is 0 Å². The lowest BCUT2D eigenvalue weighted by atomic mass is 9.93. The summed E-state index contributed by atoms with van der Waals surface area (Å²) in [6.45, 7) is 2.08. The van der Waals surface area contributed by atoms with Crippen molar-refractivity contribution >= 4 is 23.5 Å². The number of piperidine rings is 1. The van der Waals surface area contributed by atoms with E-state index in [-0.39, 0.29) is 24.2 Å². The van der Waals surface area contributed by atoms with Crippen molar-refractivity contribution in [2.24, 2.45) is 5.92 Å². The standard InChI is InChI=1S/C19H24N2O4/c22-17-4-2-12-21(17)16-8-6-15(7-9-16)19(25)20-11-1-3-14(13-20)5-10-18(23)24/h6-9,14H,1-5,10-13H2,(H,23,24)/t14-/m1/s1. The van der Waals surface area contributed by atoms with Crippen LogP contribution in [0, 0.1) is 5.92 Å². The van der Waals surface area contributed by atoms with Crippen LogP contribution < -0.4 is 4.90 Å². The van der Waals surface area contributed by atoms with Gasteiger partial charge < -0.3 is 14.9 Å². The fourth-order valence-corrected chi connectivity index (χ4v) is 3.70. The molecule has 25 heavy (non-hydrogen) atoms. The second kappa shape index (κ2) is 7.68. The minimum atomic E-state index is -0.782. The van der Waals surface area contributed by atoms with Crippen molar-refractivity contribution in [3.05, 3.63) is 29.8 Å². The van der Waals surface area contributed by atoms with Gasteiger partial charge in [0.15, 0.2) is 0 Å². The number of carbonyl (C=O) groups is 3. The van der Waals surface area contributed by atoms with E-state index < -0.39 is 5.97 Å². The summed E-state index contributed by atoms with van der Waals surface area (Å²) < 4.78 is 0. The molecular formula is C19H24N2O4. The maximum Gasteiger partial charge on any atom is 0.303 e. The van der Waals surface area contributed by atoms with E-state index in [9.17, 15) is 14.4 Å². The summed E-state index contributed by atoms with van der Waals surface area (Å²) >= 11 is 0. The van der Waals surface area contributed by atoms with Gasteiger partial charge in [-0.1, -0.05) is 0 Å². The van der Waals surface area contributed by atoms with Crippen molar-refractivity contribution in [1.29, 1.82) is 0 Å². The van der Waals surface area contributed by atoms with E-state index in [1.165, 1.54) is 0 Å². The third-order valence-corrected chi connectivity index (χ3v) is 5.07. The fraction of sp³-hybridized carbons (Fsp3) is 0.526. The molecule has 0 radical (unpaired) electrons. The van der Waals surface area contributed by atoms with Gasteiger partial charge in [0.25, 0.3) is 5.91 Å².